The lowest BCUT2D eigenvalue weighted by atomic mass is 10.2. The lowest BCUT2D eigenvalue weighted by Crippen LogP contribution is -2.56. The molecule has 0 radical (unpaired) electrons. The molecule has 2 aliphatic heterocycles. The molecule has 0 saturated carbocycles. The standard InChI is InChI=1S/C13H23N3O5/c17-7-5-14-1-3-15(4-2-14)13(20)16-6-8-21-11(10-16)9-12(18)19/h11,17H,1-10H2,(H,18,19). The van der Waals surface area contributed by atoms with Crippen molar-refractivity contribution in [1.29, 1.82) is 0 Å². The number of urea groups is 1. The Bertz CT molecular complexity index is 371. The number of rotatable bonds is 4. The molecule has 2 heterocycles. The summed E-state index contributed by atoms with van der Waals surface area (Å²) in [6.07, 6.45) is -0.496. The van der Waals surface area contributed by atoms with Crippen LogP contribution in [0.15, 0.2) is 0 Å². The zero-order valence-corrected chi connectivity index (χ0v) is 12.1. The molecule has 2 N–H and O–H groups in total. The van der Waals surface area contributed by atoms with Crippen LogP contribution in [-0.4, -0.2) is 102 Å². The van der Waals surface area contributed by atoms with Gasteiger partial charge in [0.2, 0.25) is 0 Å². The molecule has 8 nitrogen and oxygen atoms in total. The highest BCUT2D eigenvalue weighted by molar-refractivity contribution is 5.75. The Balaban J connectivity index is 1.81. The first-order valence-electron chi connectivity index (χ1n) is 7.30. The van der Waals surface area contributed by atoms with Crippen LogP contribution in [0.1, 0.15) is 6.42 Å². The normalized spacial score (nSPS) is 24.1. The SMILES string of the molecule is O=C(O)CC1CN(C(=O)N2CCN(CCO)CC2)CCO1. The summed E-state index contributed by atoms with van der Waals surface area (Å²) in [6.45, 7) is 4.79. The number of ether oxygens (including phenoxy) is 1. The summed E-state index contributed by atoms with van der Waals surface area (Å²) in [7, 11) is 0. The molecule has 1 atom stereocenters. The van der Waals surface area contributed by atoms with E-state index in [1.54, 1.807) is 9.80 Å². The van der Waals surface area contributed by atoms with Crippen molar-refractivity contribution in [1.82, 2.24) is 14.7 Å². The number of amides is 2. The van der Waals surface area contributed by atoms with E-state index in [1.807, 2.05) is 0 Å². The van der Waals surface area contributed by atoms with Crippen LogP contribution in [0.3, 0.4) is 0 Å². The van der Waals surface area contributed by atoms with E-state index in [-0.39, 0.29) is 19.1 Å². The van der Waals surface area contributed by atoms with E-state index in [2.05, 4.69) is 4.90 Å². The van der Waals surface area contributed by atoms with Gasteiger partial charge >= 0.3 is 12.0 Å². The van der Waals surface area contributed by atoms with Gasteiger partial charge in [0.25, 0.3) is 0 Å². The van der Waals surface area contributed by atoms with Crippen LogP contribution in [0.25, 0.3) is 0 Å². The van der Waals surface area contributed by atoms with Crippen molar-refractivity contribution in [3.63, 3.8) is 0 Å². The number of nitrogens with zero attached hydrogens (tertiary/aromatic N) is 3. The molecule has 2 fully saturated rings. The maximum absolute atomic E-state index is 12.4. The van der Waals surface area contributed by atoms with Gasteiger partial charge in [-0.05, 0) is 0 Å². The summed E-state index contributed by atoms with van der Waals surface area (Å²) < 4.78 is 5.38. The first-order chi connectivity index (χ1) is 10.1. The average Bonchev–Trinajstić information content (AvgIpc) is 2.47. The van der Waals surface area contributed by atoms with Crippen molar-refractivity contribution in [2.75, 3.05) is 59.0 Å². The number of aliphatic hydroxyl groups excluding tert-OH is 1. The second-order valence-corrected chi connectivity index (χ2v) is 5.37. The van der Waals surface area contributed by atoms with Crippen LogP contribution in [0.5, 0.6) is 0 Å². The zero-order valence-electron chi connectivity index (χ0n) is 12.1. The van der Waals surface area contributed by atoms with Gasteiger partial charge in [-0.15, -0.1) is 0 Å². The number of aliphatic carboxylic acids is 1. The minimum atomic E-state index is -0.910. The molecule has 21 heavy (non-hydrogen) atoms. The molecule has 0 spiro atoms. The molecule has 120 valence electrons. The summed E-state index contributed by atoms with van der Waals surface area (Å²) in [5, 5.41) is 17.7. The van der Waals surface area contributed by atoms with Gasteiger partial charge in [-0.1, -0.05) is 0 Å². The number of morpholine rings is 1. The fourth-order valence-electron chi connectivity index (χ4n) is 2.72. The Labute approximate surface area is 123 Å². The Hall–Kier alpha value is -1.38. The van der Waals surface area contributed by atoms with Gasteiger partial charge in [0.1, 0.15) is 0 Å². The molecule has 0 aliphatic carbocycles. The summed E-state index contributed by atoms with van der Waals surface area (Å²) >= 11 is 0. The van der Waals surface area contributed by atoms with Gasteiger partial charge in [0.15, 0.2) is 0 Å². The molecule has 2 saturated heterocycles. The third-order valence-corrected chi connectivity index (χ3v) is 3.87. The van der Waals surface area contributed by atoms with E-state index < -0.39 is 12.1 Å². The minimum Gasteiger partial charge on any atom is -0.481 e. The highest BCUT2D eigenvalue weighted by atomic mass is 16.5. The second-order valence-electron chi connectivity index (χ2n) is 5.37. The summed E-state index contributed by atoms with van der Waals surface area (Å²) in [5.74, 6) is -0.910. The third-order valence-electron chi connectivity index (χ3n) is 3.87. The van der Waals surface area contributed by atoms with Gasteiger partial charge in [0, 0.05) is 45.8 Å². The maximum Gasteiger partial charge on any atom is 0.320 e. The Morgan fingerprint density at radius 1 is 1.10 bits per heavy atom. The predicted molar refractivity (Wildman–Crippen MR) is 74.1 cm³/mol. The smallest absolute Gasteiger partial charge is 0.320 e. The molecule has 0 aromatic carbocycles. The van der Waals surface area contributed by atoms with Crippen molar-refractivity contribution < 1.29 is 24.5 Å². The first-order valence-corrected chi connectivity index (χ1v) is 7.30. The fourth-order valence-corrected chi connectivity index (χ4v) is 2.72. The number of β-amino-alcohol motifs (C(OH)–C–C–N with tert-alkyl or cyclic N) is 1. The zero-order chi connectivity index (χ0) is 15.2. The van der Waals surface area contributed by atoms with E-state index in [0.717, 1.165) is 13.1 Å². The van der Waals surface area contributed by atoms with E-state index in [9.17, 15) is 9.59 Å². The van der Waals surface area contributed by atoms with Crippen LogP contribution < -0.4 is 0 Å². The van der Waals surface area contributed by atoms with Crippen LogP contribution in [0.4, 0.5) is 4.79 Å². The van der Waals surface area contributed by atoms with E-state index in [0.29, 0.717) is 39.3 Å². The summed E-state index contributed by atoms with van der Waals surface area (Å²) in [6, 6.07) is -0.0441. The predicted octanol–water partition coefficient (Wildman–Crippen LogP) is -1.11. The molecule has 0 aromatic heterocycles. The fraction of sp³-hybridized carbons (Fsp3) is 0.846. The number of hydrogen-bond acceptors (Lipinski definition) is 5. The Kier molecular flexibility index (Phi) is 5.77. The first kappa shape index (κ1) is 16.0. The van der Waals surface area contributed by atoms with Crippen LogP contribution in [-0.2, 0) is 9.53 Å². The quantitative estimate of drug-likeness (QED) is 0.684. The molecule has 1 unspecified atom stereocenters. The Morgan fingerprint density at radius 2 is 1.81 bits per heavy atom. The number of hydrogen-bond donors (Lipinski definition) is 2. The summed E-state index contributed by atoms with van der Waals surface area (Å²) in [4.78, 5) is 28.7. The third kappa shape index (κ3) is 4.55. The van der Waals surface area contributed by atoms with E-state index in [4.69, 9.17) is 14.9 Å². The van der Waals surface area contributed by atoms with Gasteiger partial charge in [-0.25, -0.2) is 4.79 Å². The van der Waals surface area contributed by atoms with Crippen molar-refractivity contribution in [3.8, 4) is 0 Å². The molecule has 2 amide bonds. The molecule has 0 bridgehead atoms. The van der Waals surface area contributed by atoms with Crippen molar-refractivity contribution >= 4 is 12.0 Å². The molecule has 0 aromatic rings. The van der Waals surface area contributed by atoms with Gasteiger partial charge in [0.05, 0.1) is 25.7 Å². The van der Waals surface area contributed by atoms with Gasteiger partial charge in [-0.3, -0.25) is 9.69 Å². The second kappa shape index (κ2) is 7.58. The van der Waals surface area contributed by atoms with Crippen LogP contribution in [0.2, 0.25) is 0 Å². The number of carbonyl (C=O) groups is 2. The monoisotopic (exact) mass is 301 g/mol. The molecule has 2 aliphatic rings. The Morgan fingerprint density at radius 3 is 2.43 bits per heavy atom. The highest BCUT2D eigenvalue weighted by Gasteiger charge is 2.30. The number of carboxylic acids is 1. The lowest BCUT2D eigenvalue weighted by molar-refractivity contribution is -0.141. The van der Waals surface area contributed by atoms with E-state index >= 15 is 0 Å². The van der Waals surface area contributed by atoms with Crippen molar-refractivity contribution in [2.24, 2.45) is 0 Å². The number of aliphatic hydroxyl groups is 1. The molecular weight excluding hydrogens is 278 g/mol. The molecule has 2 rings (SSSR count). The number of piperazine rings is 1. The van der Waals surface area contributed by atoms with Crippen LogP contribution in [0, 0.1) is 0 Å². The summed E-state index contributed by atoms with van der Waals surface area (Å²) in [5.41, 5.74) is 0. The molecule has 8 heteroatoms. The van der Waals surface area contributed by atoms with Gasteiger partial charge in [-0.2, -0.15) is 0 Å². The highest BCUT2D eigenvalue weighted by Crippen LogP contribution is 2.12. The largest absolute Gasteiger partial charge is 0.481 e. The average molecular weight is 301 g/mol. The van der Waals surface area contributed by atoms with Gasteiger partial charge < -0.3 is 24.7 Å². The molecular formula is C13H23N3O5. The van der Waals surface area contributed by atoms with Crippen LogP contribution >= 0.6 is 0 Å². The van der Waals surface area contributed by atoms with Crippen molar-refractivity contribution in [3.05, 3.63) is 0 Å². The van der Waals surface area contributed by atoms with E-state index in [1.165, 1.54) is 0 Å². The van der Waals surface area contributed by atoms with Crippen molar-refractivity contribution in [2.45, 2.75) is 12.5 Å². The topological polar surface area (TPSA) is 93.6 Å². The number of carbonyl (C=O) groups excluding carboxylic acids is 1. The minimum absolute atomic E-state index is 0.0441. The lowest BCUT2D eigenvalue weighted by Gasteiger charge is -2.39. The maximum atomic E-state index is 12.4. The number of carboxylic acid groups (broad SMARTS) is 1.